The molecule has 360 valence electrons. The highest BCUT2D eigenvalue weighted by molar-refractivity contribution is 14.1. The summed E-state index contributed by atoms with van der Waals surface area (Å²) < 4.78 is 24.6. The SMILES string of the molecule is CO[C@H]1/C=C/O[C@@]2(C)Oc3c(C)c(O)c4c(O)c(c5c(c4c3C2=O)NC2(CCN(CC(C)I)CC2)N=5)=NC(=O)/C(C)=C\C=C\[C@H](C)[C@H](O)[C@@H](C)[C@@H](O)[C@@H](C)[C@H](OC(=O)C(C)(C)C(=O)O)[C@@H]1C. The first-order valence-electron chi connectivity index (χ1n) is 22.3. The minimum absolute atomic E-state index is 0.00476. The number of alkyl halides is 1. The first kappa shape index (κ1) is 50.8. The number of methoxy groups -OCH3 is 1. The van der Waals surface area contributed by atoms with Crippen molar-refractivity contribution in [3.63, 3.8) is 0 Å². The van der Waals surface area contributed by atoms with Crippen LogP contribution in [0.3, 0.4) is 0 Å². The fraction of sp³-hybridized carbons (Fsp3) is 0.583. The van der Waals surface area contributed by atoms with E-state index in [0.717, 1.165) is 6.54 Å². The van der Waals surface area contributed by atoms with Gasteiger partial charge >= 0.3 is 17.7 Å². The number of aliphatic carboxylic acids is 1. The predicted octanol–water partition coefficient (Wildman–Crippen LogP) is 5.01. The first-order valence-corrected chi connectivity index (χ1v) is 23.5. The Bertz CT molecular complexity index is 2510. The van der Waals surface area contributed by atoms with Gasteiger partial charge in [-0.15, -0.1) is 0 Å². The van der Waals surface area contributed by atoms with Crippen LogP contribution >= 0.6 is 22.6 Å². The van der Waals surface area contributed by atoms with Gasteiger partial charge in [-0.05, 0) is 33.8 Å². The molecule has 4 bridgehead atoms. The summed E-state index contributed by atoms with van der Waals surface area (Å²) in [6.45, 7) is 17.9. The number of aliphatic hydroxyl groups excluding tert-OH is 2. The van der Waals surface area contributed by atoms with Gasteiger partial charge in [-0.3, -0.25) is 24.2 Å². The number of esters is 1. The topological polar surface area (TPSA) is 246 Å². The third-order valence-corrected chi connectivity index (χ3v) is 14.2. The normalized spacial score (nSPS) is 31.7. The quantitative estimate of drug-likeness (QED) is 0.0733. The molecule has 66 heavy (non-hydrogen) atoms. The van der Waals surface area contributed by atoms with E-state index in [1.54, 1.807) is 39.8 Å². The van der Waals surface area contributed by atoms with Crippen LogP contribution in [0.25, 0.3) is 10.8 Å². The Hall–Kier alpha value is -4.63. The number of carbonyl (C=O) groups excluding carboxylic acids is 3. The Labute approximate surface area is 397 Å². The van der Waals surface area contributed by atoms with E-state index < -0.39 is 100 Å². The van der Waals surface area contributed by atoms with E-state index >= 15 is 0 Å². The molecule has 6 N–H and O–H groups in total. The predicted molar refractivity (Wildman–Crippen MR) is 252 cm³/mol. The number of nitrogens with zero attached hydrogens (tertiary/aromatic N) is 3. The number of ether oxygens (including phenoxy) is 4. The molecule has 18 heteroatoms. The molecule has 10 atom stereocenters. The van der Waals surface area contributed by atoms with Crippen molar-refractivity contribution in [1.29, 1.82) is 0 Å². The van der Waals surface area contributed by atoms with Gasteiger partial charge in [0.1, 0.15) is 34.0 Å². The number of amides is 1. The number of aromatic hydroxyl groups is 2. The number of fused-ring (bicyclic) bond motifs is 1. The molecule has 1 saturated heterocycles. The zero-order valence-electron chi connectivity index (χ0n) is 39.3. The number of hydrogen-bond donors (Lipinski definition) is 6. The van der Waals surface area contributed by atoms with Crippen molar-refractivity contribution in [1.82, 2.24) is 4.90 Å². The molecule has 6 rings (SSSR count). The number of halogens is 1. The average Bonchev–Trinajstić information content (AvgIpc) is 3.76. The standard InChI is InChI=1S/C48H63IN4O13/c1-22-13-12-14-23(2)43(59)50-35-34-33(51-48(52-34)16-18-53(19-17-48)21-24(3)49)30-31(39(35)57)38(56)28(7)41-32(30)42(58)47(10,66-41)64-20-15-29(63-11)25(4)40(27(6)37(55)26(5)36(22)54)65-45(62)46(8,9)44(60)61/h12-15,20,22,24-27,29,36-37,40,51,54-57H,16-19,21H2,1-11H3,(H,60,61)/b13-12+,20-15+,23-14-,50-35?/t22-,24?,25+,26+,27+,29-,36-,37+,40+,47-/m0/s1. The van der Waals surface area contributed by atoms with Gasteiger partial charge in [0.05, 0.1) is 41.2 Å². The number of nitrogens with one attached hydrogen (secondary N) is 1. The van der Waals surface area contributed by atoms with Crippen molar-refractivity contribution in [3.05, 3.63) is 58.0 Å². The van der Waals surface area contributed by atoms with E-state index in [4.69, 9.17) is 23.9 Å². The van der Waals surface area contributed by atoms with Crippen molar-refractivity contribution in [2.45, 2.75) is 122 Å². The van der Waals surface area contributed by atoms with Gasteiger partial charge in [-0.1, -0.05) is 75.4 Å². The maximum Gasteiger partial charge on any atom is 0.323 e. The molecule has 1 unspecified atom stereocenters. The average molecular weight is 1030 g/mol. The highest BCUT2D eigenvalue weighted by Crippen LogP contribution is 2.51. The first-order chi connectivity index (χ1) is 30.8. The van der Waals surface area contributed by atoms with Crippen LogP contribution in [-0.2, 0) is 28.6 Å². The monoisotopic (exact) mass is 1030 g/mol. The molecule has 0 radical (unpaired) electrons. The van der Waals surface area contributed by atoms with E-state index in [2.05, 4.69) is 44.7 Å². The van der Waals surface area contributed by atoms with Crippen LogP contribution in [0.1, 0.15) is 91.1 Å². The highest BCUT2D eigenvalue weighted by atomic mass is 127. The zero-order valence-corrected chi connectivity index (χ0v) is 41.5. The van der Waals surface area contributed by atoms with Crippen LogP contribution in [0.4, 0.5) is 5.69 Å². The number of phenolic OH excluding ortho intramolecular Hbond substituents is 2. The number of piperidine rings is 1. The van der Waals surface area contributed by atoms with Crippen LogP contribution in [0.15, 0.2) is 46.1 Å². The van der Waals surface area contributed by atoms with Crippen molar-refractivity contribution < 1.29 is 63.7 Å². The maximum absolute atomic E-state index is 14.8. The second-order valence-corrected chi connectivity index (χ2v) is 21.2. The van der Waals surface area contributed by atoms with Gasteiger partial charge in [-0.2, -0.15) is 0 Å². The fourth-order valence-corrected chi connectivity index (χ4v) is 9.80. The Balaban J connectivity index is 1.53. The number of aliphatic hydroxyl groups is 2. The molecule has 4 aliphatic heterocycles. The lowest BCUT2D eigenvalue weighted by Crippen LogP contribution is -2.48. The summed E-state index contributed by atoms with van der Waals surface area (Å²) >= 11 is 2.39. The van der Waals surface area contributed by atoms with Gasteiger partial charge in [0, 0.05) is 90.6 Å². The summed E-state index contributed by atoms with van der Waals surface area (Å²) in [7, 11) is 1.39. The Morgan fingerprint density at radius 3 is 2.26 bits per heavy atom. The minimum atomic E-state index is -2.03. The van der Waals surface area contributed by atoms with Crippen LogP contribution < -0.4 is 20.8 Å². The number of benzene rings is 2. The Morgan fingerprint density at radius 2 is 1.65 bits per heavy atom. The number of Topliss-reactive ketones (excluding diaryl/α,β-unsaturated/α-hetero) is 1. The second-order valence-electron chi connectivity index (χ2n) is 19.1. The third-order valence-electron chi connectivity index (χ3n) is 13.8. The van der Waals surface area contributed by atoms with Crippen LogP contribution in [0.5, 0.6) is 17.2 Å². The van der Waals surface area contributed by atoms with Gasteiger partial charge in [0.15, 0.2) is 11.2 Å². The lowest BCUT2D eigenvalue weighted by Gasteiger charge is -2.39. The van der Waals surface area contributed by atoms with E-state index in [9.17, 15) is 44.7 Å². The van der Waals surface area contributed by atoms with Crippen molar-refractivity contribution >= 4 is 62.7 Å². The van der Waals surface area contributed by atoms with E-state index in [0.29, 0.717) is 29.9 Å². The molecular weight excluding hydrogens is 967 g/mol. The lowest BCUT2D eigenvalue weighted by atomic mass is 9.78. The second kappa shape index (κ2) is 19.2. The number of likely N-dealkylation sites (tertiary alicyclic amines) is 1. The van der Waals surface area contributed by atoms with Crippen molar-refractivity contribution in [3.8, 4) is 17.2 Å². The van der Waals surface area contributed by atoms with Gasteiger partial charge < -0.3 is 54.7 Å². The Kier molecular flexibility index (Phi) is 14.7. The number of phenols is 2. The lowest BCUT2D eigenvalue weighted by molar-refractivity contribution is -0.179. The van der Waals surface area contributed by atoms with Crippen LogP contribution in [0, 0.1) is 36.0 Å². The van der Waals surface area contributed by atoms with Crippen molar-refractivity contribution in [2.75, 3.05) is 32.1 Å². The molecule has 2 aromatic rings. The number of anilines is 1. The molecule has 4 heterocycles. The molecule has 0 saturated carbocycles. The summed E-state index contributed by atoms with van der Waals surface area (Å²) in [5.74, 6) is -9.92. The molecule has 1 fully saturated rings. The van der Waals surface area contributed by atoms with Gasteiger partial charge in [0.2, 0.25) is 0 Å². The van der Waals surface area contributed by atoms with Crippen LogP contribution in [-0.4, -0.2) is 121 Å². The largest absolute Gasteiger partial charge is 0.507 e. The fourth-order valence-electron chi connectivity index (χ4n) is 9.24. The summed E-state index contributed by atoms with van der Waals surface area (Å²) in [5, 5.41) is 60.6. The molecule has 4 aliphatic rings. The number of carboxylic acids is 1. The van der Waals surface area contributed by atoms with Gasteiger partial charge in [0.25, 0.3) is 11.7 Å². The summed E-state index contributed by atoms with van der Waals surface area (Å²) in [4.78, 5) is 66.2. The summed E-state index contributed by atoms with van der Waals surface area (Å²) in [6, 6.07) is 0. The van der Waals surface area contributed by atoms with Crippen LogP contribution in [0.2, 0.25) is 0 Å². The minimum Gasteiger partial charge on any atom is -0.507 e. The van der Waals surface area contributed by atoms with E-state index in [1.807, 2.05) is 0 Å². The van der Waals surface area contributed by atoms with E-state index in [1.165, 1.54) is 60.1 Å². The summed E-state index contributed by atoms with van der Waals surface area (Å²) in [6.07, 6.45) is 3.94. The number of rotatable bonds is 6. The smallest absolute Gasteiger partial charge is 0.323 e. The number of carboxylic acid groups (broad SMARTS) is 1. The number of allylic oxidation sites excluding steroid dienone is 2. The number of carbonyl (C=O) groups is 4. The maximum atomic E-state index is 14.8. The molecule has 2 aromatic carbocycles. The number of hydrogen-bond acceptors (Lipinski definition) is 15. The molecular formula is C48H63IN4O13. The zero-order chi connectivity index (χ0) is 49.0. The molecule has 0 aromatic heterocycles. The molecule has 1 spiro atoms. The molecule has 1 amide bonds. The van der Waals surface area contributed by atoms with Crippen molar-refractivity contribution in [2.24, 2.45) is 39.1 Å². The van der Waals surface area contributed by atoms with E-state index in [-0.39, 0.29) is 49.6 Å². The third kappa shape index (κ3) is 9.31. The van der Waals surface area contributed by atoms with Gasteiger partial charge in [-0.25, -0.2) is 4.99 Å². The Morgan fingerprint density at radius 1 is 1.00 bits per heavy atom. The number of ketones is 1. The molecule has 17 nitrogen and oxygen atoms in total. The highest BCUT2D eigenvalue weighted by Gasteiger charge is 2.51. The molecule has 0 aliphatic carbocycles. The summed E-state index contributed by atoms with van der Waals surface area (Å²) in [5.41, 5.74) is -2.28.